The van der Waals surface area contributed by atoms with Crippen LogP contribution in [0.1, 0.15) is 38.7 Å². The smallest absolute Gasteiger partial charge is 0.324 e. The van der Waals surface area contributed by atoms with Gasteiger partial charge in [-0.2, -0.15) is 0 Å². The number of fused-ring (bicyclic) bond motifs is 3. The average molecular weight is 579 g/mol. The molecule has 0 unspecified atom stereocenters. The van der Waals surface area contributed by atoms with Crippen LogP contribution in [0.5, 0.6) is 5.75 Å². The van der Waals surface area contributed by atoms with Crippen LogP contribution in [0.25, 0.3) is 26.4 Å². The molecule has 0 saturated carbocycles. The molecule has 40 heavy (non-hydrogen) atoms. The number of halogens is 1. The van der Waals surface area contributed by atoms with Crippen LogP contribution in [-0.2, 0) is 10.4 Å². The van der Waals surface area contributed by atoms with Crippen molar-refractivity contribution in [2.75, 3.05) is 49.9 Å². The lowest BCUT2D eigenvalue weighted by Crippen LogP contribution is -2.38. The Morgan fingerprint density at radius 2 is 2.02 bits per heavy atom. The summed E-state index contributed by atoms with van der Waals surface area (Å²) in [6, 6.07) is 11.4. The van der Waals surface area contributed by atoms with E-state index in [0.29, 0.717) is 38.6 Å². The van der Waals surface area contributed by atoms with Gasteiger partial charge in [0.2, 0.25) is 0 Å². The van der Waals surface area contributed by atoms with Crippen molar-refractivity contribution in [3.05, 3.63) is 60.5 Å². The Bertz CT molecular complexity index is 2160. The highest BCUT2D eigenvalue weighted by molar-refractivity contribution is 7.23. The Hall–Kier alpha value is -4.00. The molecule has 0 radical (unpaired) electrons. The number of urea groups is 1. The van der Waals surface area contributed by atoms with Gasteiger partial charge in [0, 0.05) is 56.8 Å². The molecule has 2 aromatic carbocycles. The van der Waals surface area contributed by atoms with Crippen LogP contribution in [-0.4, -0.2) is 64.7 Å². The summed E-state index contributed by atoms with van der Waals surface area (Å²) in [7, 11) is 0. The molecule has 4 heterocycles. The predicted molar refractivity (Wildman–Crippen MR) is 152 cm³/mol. The van der Waals surface area contributed by atoms with E-state index in [4.69, 9.17) is 23.9 Å². The Morgan fingerprint density at radius 1 is 1.20 bits per heavy atom. The van der Waals surface area contributed by atoms with Crippen molar-refractivity contribution in [3.8, 4) is 17.0 Å². The Kier molecular flexibility index (Phi) is 3.96. The van der Waals surface area contributed by atoms with Gasteiger partial charge in [-0.25, -0.2) is 14.2 Å². The van der Waals surface area contributed by atoms with Crippen LogP contribution in [0.2, 0.25) is 0 Å². The zero-order valence-electron chi connectivity index (χ0n) is 34.3. The zero-order chi connectivity index (χ0) is 39.9. The largest absolute Gasteiger partial charge is 0.492 e. The van der Waals surface area contributed by atoms with Gasteiger partial charge in [-0.3, -0.25) is 14.6 Å². The van der Waals surface area contributed by atoms with Crippen molar-refractivity contribution in [1.29, 1.82) is 0 Å². The van der Waals surface area contributed by atoms with Crippen LogP contribution >= 0.6 is 11.3 Å². The molecular weight excluding hydrogens is 535 g/mol. The molecule has 1 aliphatic rings. The summed E-state index contributed by atoms with van der Waals surface area (Å²) in [6.45, 7) is -20.3. The molecule has 0 atom stereocenters. The number of ether oxygens (including phenoxy) is 2. The molecule has 6 rings (SSSR count). The third kappa shape index (κ3) is 5.79. The second kappa shape index (κ2) is 10.9. The van der Waals surface area contributed by atoms with E-state index in [0.717, 1.165) is 10.2 Å². The van der Waals surface area contributed by atoms with E-state index in [-0.39, 0.29) is 6.61 Å². The van der Waals surface area contributed by atoms with Crippen molar-refractivity contribution >= 4 is 44.1 Å². The van der Waals surface area contributed by atoms with Crippen molar-refractivity contribution in [1.82, 2.24) is 19.4 Å². The van der Waals surface area contributed by atoms with E-state index in [1.54, 1.807) is 48.7 Å². The third-order valence-corrected chi connectivity index (χ3v) is 6.66. The molecule has 0 aliphatic carbocycles. The fourth-order valence-corrected chi connectivity index (χ4v) is 4.82. The summed E-state index contributed by atoms with van der Waals surface area (Å²) in [4.78, 5) is 18.3. The maximum Gasteiger partial charge on any atom is 0.324 e. The average Bonchev–Trinajstić information content (AvgIpc) is 3.75. The Labute approximate surface area is 253 Å². The molecule has 2 N–H and O–H groups in total. The van der Waals surface area contributed by atoms with Gasteiger partial charge < -0.3 is 19.3 Å². The molecule has 0 bridgehead atoms. The van der Waals surface area contributed by atoms with Gasteiger partial charge in [0.1, 0.15) is 12.4 Å². The quantitative estimate of drug-likeness (QED) is 0.241. The number of carbonyl (C=O) groups excluding carboxylic acids is 1. The second-order valence-electron chi connectivity index (χ2n) is 8.43. The summed E-state index contributed by atoms with van der Waals surface area (Å²) < 4.78 is 141. The lowest BCUT2D eigenvalue weighted by atomic mass is 10.1. The summed E-state index contributed by atoms with van der Waals surface area (Å²) >= 11 is 1.33. The number of nitrogens with zero attached hydrogens (tertiary/aromatic N) is 4. The number of thiazole rings is 1. The van der Waals surface area contributed by atoms with Gasteiger partial charge in [0.15, 0.2) is 22.2 Å². The van der Waals surface area contributed by atoms with Crippen LogP contribution < -0.4 is 15.4 Å². The molecule has 3 aromatic heterocycles. The number of nitrogens with one attached hydrogen (secondary N) is 2. The number of imidazole rings is 1. The number of morpholine rings is 1. The SMILES string of the molecule is [2H]C([2H])([2H])C(F)(c1cc(NC(=O)Nc2ccc(-c3cn4c(n3)sc3cc(OCCN5C([2H])([2H])C([2H])([2H])OC([2H])([2H])C5([2H])[2H])ccc34)cc2)no1)C([2H])([2H])[2H]. The first-order chi connectivity index (χ1) is 24.8. The molecule has 0 spiro atoms. The molecule has 1 saturated heterocycles. The maximum atomic E-state index is 15.3. The number of hydrogen-bond acceptors (Lipinski definition) is 8. The van der Waals surface area contributed by atoms with Crippen LogP contribution in [0, 0.1) is 0 Å². The number of aromatic nitrogens is 3. The summed E-state index contributed by atoms with van der Waals surface area (Å²) in [5, 5.41) is 8.12. The van der Waals surface area contributed by atoms with Gasteiger partial charge >= 0.3 is 6.03 Å². The number of carbonyl (C=O) groups is 1. The van der Waals surface area contributed by atoms with Crippen LogP contribution in [0.3, 0.4) is 0 Å². The van der Waals surface area contributed by atoms with Crippen molar-refractivity contribution in [2.24, 2.45) is 0 Å². The Morgan fingerprint density at radius 3 is 2.83 bits per heavy atom. The fraction of sp³-hybridized carbons (Fsp3) is 0.321. The minimum atomic E-state index is -3.86. The first-order valence-electron chi connectivity index (χ1n) is 18.7. The van der Waals surface area contributed by atoms with E-state index in [9.17, 15) is 4.79 Å². The van der Waals surface area contributed by atoms with E-state index in [1.165, 1.54) is 11.3 Å². The first kappa shape index (κ1) is 14.6. The van der Waals surface area contributed by atoms with Gasteiger partial charge in [0.05, 0.1) is 34.5 Å². The third-order valence-electron chi connectivity index (χ3n) is 5.64. The summed E-state index contributed by atoms with van der Waals surface area (Å²) in [5.41, 5.74) is -1.47. The minimum absolute atomic E-state index is 0.295. The fourth-order valence-electron chi connectivity index (χ4n) is 3.79. The minimum Gasteiger partial charge on any atom is -0.492 e. The maximum absolute atomic E-state index is 15.3. The van der Waals surface area contributed by atoms with Gasteiger partial charge in [-0.15, -0.1) is 0 Å². The van der Waals surface area contributed by atoms with Gasteiger partial charge in [-0.1, -0.05) is 28.6 Å². The summed E-state index contributed by atoms with van der Waals surface area (Å²) in [5.74, 6) is -1.16. The number of anilines is 2. The molecular formula is C28H29FN6O4S. The molecule has 10 nitrogen and oxygen atoms in total. The molecule has 1 aliphatic heterocycles. The van der Waals surface area contributed by atoms with Crippen molar-refractivity contribution in [2.45, 2.75) is 19.4 Å². The number of benzene rings is 2. The molecule has 1 fully saturated rings. The number of rotatable bonds is 8. The van der Waals surface area contributed by atoms with Gasteiger partial charge in [-0.05, 0) is 44.0 Å². The lowest BCUT2D eigenvalue weighted by molar-refractivity contribution is 0.0322. The molecule has 2 amide bonds. The van der Waals surface area contributed by atoms with Crippen molar-refractivity contribution < 1.29 is 42.4 Å². The molecule has 208 valence electrons. The van der Waals surface area contributed by atoms with Gasteiger partial charge in [0.25, 0.3) is 0 Å². The zero-order valence-corrected chi connectivity index (χ0v) is 21.1. The van der Waals surface area contributed by atoms with E-state index in [2.05, 4.69) is 30.0 Å². The first-order valence-corrected chi connectivity index (χ1v) is 12.5. The monoisotopic (exact) mass is 578 g/mol. The highest BCUT2D eigenvalue weighted by Gasteiger charge is 2.25. The number of alkyl halides is 1. The predicted octanol–water partition coefficient (Wildman–Crippen LogP) is 5.76. The number of hydrogen-bond donors (Lipinski definition) is 2. The van der Waals surface area contributed by atoms with E-state index >= 15 is 4.39 Å². The van der Waals surface area contributed by atoms with Crippen LogP contribution in [0.15, 0.2) is 59.3 Å². The highest BCUT2D eigenvalue weighted by atomic mass is 32.1. The van der Waals surface area contributed by atoms with E-state index < -0.39 is 69.6 Å². The summed E-state index contributed by atoms with van der Waals surface area (Å²) in [6.07, 6.45) is 1.79. The lowest BCUT2D eigenvalue weighted by Gasteiger charge is -2.26. The standard InChI is InChI=1S/C28H29FN6O4S/c1-28(2,29)24-16-25(33-39-24)32-26(36)30-19-5-3-18(4-6-19)21-17-35-22-8-7-20(15-23(22)40-27(35)31-21)38-14-11-34-9-12-37-13-10-34/h3-8,15-17H,9-14H2,1-2H3,(H2,30,32,33,36)/i1D3,2D3,9D2,10D2,12D2,13D2. The Balaban J connectivity index is 1.09. The van der Waals surface area contributed by atoms with E-state index in [1.807, 2.05) is 4.40 Å². The number of amides is 2. The molecule has 12 heteroatoms. The molecule has 5 aromatic rings. The van der Waals surface area contributed by atoms with Crippen molar-refractivity contribution in [3.63, 3.8) is 0 Å². The second-order valence-corrected chi connectivity index (χ2v) is 9.44. The van der Waals surface area contributed by atoms with Crippen LogP contribution in [0.4, 0.5) is 20.7 Å². The topological polar surface area (TPSA) is 106 Å². The highest BCUT2D eigenvalue weighted by Crippen LogP contribution is 2.32. The normalized spacial score (nSPS) is 25.4.